The molecule has 0 unspecified atom stereocenters. The fourth-order valence-corrected chi connectivity index (χ4v) is 4.07. The van der Waals surface area contributed by atoms with Crippen molar-refractivity contribution in [3.05, 3.63) is 95.2 Å². The van der Waals surface area contributed by atoms with Crippen LogP contribution in [-0.4, -0.2) is 30.3 Å². The average Bonchev–Trinajstić information content (AvgIpc) is 3.22. The summed E-state index contributed by atoms with van der Waals surface area (Å²) in [4.78, 5) is 15.4. The van der Waals surface area contributed by atoms with Crippen LogP contribution in [0.25, 0.3) is 10.9 Å². The predicted molar refractivity (Wildman–Crippen MR) is 116 cm³/mol. The second-order valence-corrected chi connectivity index (χ2v) is 7.33. The van der Waals surface area contributed by atoms with Crippen LogP contribution >= 0.6 is 0 Å². The van der Waals surface area contributed by atoms with E-state index in [4.69, 9.17) is 9.47 Å². The molecule has 0 aliphatic heterocycles. The SMILES string of the molecule is COC(=O)c1ccc2[nH]cc([C@@](C)(c3ccccc3)c3ccc(OC)cc3O)c2c1. The number of aromatic hydroxyl groups is 1. The zero-order valence-corrected chi connectivity index (χ0v) is 17.1. The molecule has 0 aliphatic carbocycles. The van der Waals surface area contributed by atoms with Crippen LogP contribution in [-0.2, 0) is 10.2 Å². The smallest absolute Gasteiger partial charge is 0.337 e. The van der Waals surface area contributed by atoms with Crippen LogP contribution in [0.15, 0.2) is 72.9 Å². The Morgan fingerprint density at radius 3 is 2.40 bits per heavy atom. The van der Waals surface area contributed by atoms with E-state index >= 15 is 0 Å². The van der Waals surface area contributed by atoms with Crippen molar-refractivity contribution < 1.29 is 19.4 Å². The lowest BCUT2D eigenvalue weighted by Crippen LogP contribution is -2.25. The molecule has 30 heavy (non-hydrogen) atoms. The average molecular weight is 401 g/mol. The summed E-state index contributed by atoms with van der Waals surface area (Å²) in [7, 11) is 2.94. The molecule has 1 atom stereocenters. The van der Waals surface area contributed by atoms with Gasteiger partial charge in [-0.3, -0.25) is 0 Å². The molecule has 2 N–H and O–H groups in total. The van der Waals surface area contributed by atoms with E-state index in [0.717, 1.165) is 27.6 Å². The van der Waals surface area contributed by atoms with E-state index in [1.165, 1.54) is 7.11 Å². The Morgan fingerprint density at radius 2 is 1.73 bits per heavy atom. The molecule has 0 radical (unpaired) electrons. The number of methoxy groups -OCH3 is 2. The number of hydrogen-bond donors (Lipinski definition) is 2. The summed E-state index contributed by atoms with van der Waals surface area (Å²) in [6, 6.07) is 20.7. The molecule has 5 heteroatoms. The summed E-state index contributed by atoms with van der Waals surface area (Å²) in [6.07, 6.45) is 1.93. The number of benzene rings is 3. The molecule has 0 spiro atoms. The van der Waals surface area contributed by atoms with E-state index in [1.54, 1.807) is 19.2 Å². The van der Waals surface area contributed by atoms with Crippen molar-refractivity contribution in [3.63, 3.8) is 0 Å². The lowest BCUT2D eigenvalue weighted by molar-refractivity contribution is 0.0601. The molecule has 0 fully saturated rings. The van der Waals surface area contributed by atoms with E-state index in [0.29, 0.717) is 11.3 Å². The van der Waals surface area contributed by atoms with Gasteiger partial charge in [-0.05, 0) is 42.3 Å². The minimum Gasteiger partial charge on any atom is -0.507 e. The Hall–Kier alpha value is -3.73. The van der Waals surface area contributed by atoms with Crippen molar-refractivity contribution in [1.29, 1.82) is 0 Å². The monoisotopic (exact) mass is 401 g/mol. The largest absolute Gasteiger partial charge is 0.507 e. The van der Waals surface area contributed by atoms with Crippen molar-refractivity contribution in [2.75, 3.05) is 14.2 Å². The lowest BCUT2D eigenvalue weighted by Gasteiger charge is -2.32. The quantitative estimate of drug-likeness (QED) is 0.461. The van der Waals surface area contributed by atoms with E-state index in [2.05, 4.69) is 11.9 Å². The first-order valence-electron chi connectivity index (χ1n) is 9.62. The van der Waals surface area contributed by atoms with Crippen molar-refractivity contribution in [3.8, 4) is 11.5 Å². The molecular weight excluding hydrogens is 378 g/mol. The topological polar surface area (TPSA) is 71.6 Å². The molecule has 0 saturated carbocycles. The van der Waals surface area contributed by atoms with Gasteiger partial charge in [0.25, 0.3) is 0 Å². The summed E-state index contributed by atoms with van der Waals surface area (Å²) >= 11 is 0. The number of ether oxygens (including phenoxy) is 2. The van der Waals surface area contributed by atoms with Crippen LogP contribution < -0.4 is 4.74 Å². The molecule has 1 aromatic heterocycles. The zero-order valence-electron chi connectivity index (χ0n) is 17.1. The Bertz CT molecular complexity index is 1210. The van der Waals surface area contributed by atoms with Gasteiger partial charge in [0.1, 0.15) is 11.5 Å². The molecular formula is C25H23NO4. The number of nitrogens with one attached hydrogen (secondary N) is 1. The number of carbonyl (C=O) groups is 1. The number of aromatic nitrogens is 1. The van der Waals surface area contributed by atoms with Crippen LogP contribution in [0.3, 0.4) is 0 Å². The summed E-state index contributed by atoms with van der Waals surface area (Å²) < 4.78 is 10.2. The number of esters is 1. The van der Waals surface area contributed by atoms with Gasteiger partial charge in [0, 0.05) is 34.1 Å². The lowest BCUT2D eigenvalue weighted by atomic mass is 9.70. The number of fused-ring (bicyclic) bond motifs is 1. The van der Waals surface area contributed by atoms with Gasteiger partial charge in [-0.1, -0.05) is 36.4 Å². The fourth-order valence-electron chi connectivity index (χ4n) is 4.07. The third kappa shape index (κ3) is 3.08. The molecule has 4 rings (SSSR count). The van der Waals surface area contributed by atoms with Gasteiger partial charge in [-0.25, -0.2) is 4.79 Å². The number of carbonyl (C=O) groups excluding carboxylic acids is 1. The minimum absolute atomic E-state index is 0.138. The second kappa shape index (κ2) is 7.59. The Morgan fingerprint density at radius 1 is 0.967 bits per heavy atom. The predicted octanol–water partition coefficient (Wildman–Crippen LogP) is 5.02. The zero-order chi connectivity index (χ0) is 21.3. The third-order valence-corrected chi connectivity index (χ3v) is 5.74. The molecule has 5 nitrogen and oxygen atoms in total. The molecule has 0 amide bonds. The van der Waals surface area contributed by atoms with Gasteiger partial charge < -0.3 is 19.6 Å². The van der Waals surface area contributed by atoms with Crippen molar-refractivity contribution >= 4 is 16.9 Å². The number of hydrogen-bond acceptors (Lipinski definition) is 4. The Labute approximate surface area is 174 Å². The molecule has 152 valence electrons. The number of phenols is 1. The first-order valence-corrected chi connectivity index (χ1v) is 9.62. The van der Waals surface area contributed by atoms with Crippen LogP contribution in [0, 0.1) is 0 Å². The number of aromatic amines is 1. The molecule has 0 saturated heterocycles. The maximum atomic E-state index is 12.1. The summed E-state index contributed by atoms with van der Waals surface area (Å²) in [5.74, 6) is 0.329. The molecule has 0 aliphatic rings. The Balaban J connectivity index is 2.02. The number of phenolic OH excluding ortho intramolecular Hbond substituents is 1. The van der Waals surface area contributed by atoms with Crippen LogP contribution in [0.4, 0.5) is 0 Å². The summed E-state index contributed by atoms with van der Waals surface area (Å²) in [5.41, 5.74) is 3.36. The summed E-state index contributed by atoms with van der Waals surface area (Å²) in [6.45, 7) is 2.07. The van der Waals surface area contributed by atoms with Gasteiger partial charge in [-0.2, -0.15) is 0 Å². The van der Waals surface area contributed by atoms with E-state index in [-0.39, 0.29) is 5.75 Å². The van der Waals surface area contributed by atoms with Gasteiger partial charge in [0.2, 0.25) is 0 Å². The maximum absolute atomic E-state index is 12.1. The minimum atomic E-state index is -0.690. The fraction of sp³-hybridized carbons (Fsp3) is 0.160. The van der Waals surface area contributed by atoms with E-state index in [1.807, 2.05) is 60.8 Å². The second-order valence-electron chi connectivity index (χ2n) is 7.33. The van der Waals surface area contributed by atoms with Gasteiger partial charge >= 0.3 is 5.97 Å². The highest BCUT2D eigenvalue weighted by molar-refractivity contribution is 5.96. The van der Waals surface area contributed by atoms with Crippen LogP contribution in [0.2, 0.25) is 0 Å². The van der Waals surface area contributed by atoms with E-state index < -0.39 is 11.4 Å². The molecule has 1 heterocycles. The highest BCUT2D eigenvalue weighted by atomic mass is 16.5. The van der Waals surface area contributed by atoms with Crippen molar-refractivity contribution in [2.45, 2.75) is 12.3 Å². The highest BCUT2D eigenvalue weighted by Crippen LogP contribution is 2.46. The first kappa shape index (κ1) is 19.6. The summed E-state index contributed by atoms with van der Waals surface area (Å²) in [5, 5.41) is 11.8. The van der Waals surface area contributed by atoms with Crippen LogP contribution in [0.5, 0.6) is 11.5 Å². The standard InChI is InChI=1S/C25H23NO4/c1-25(17-7-5-4-6-8-17,20-11-10-18(29-2)14-23(20)27)21-15-26-22-12-9-16(13-19(21)22)24(28)30-3/h4-15,26-27H,1-3H3/t25-/m0/s1. The maximum Gasteiger partial charge on any atom is 0.337 e. The van der Waals surface area contributed by atoms with E-state index in [9.17, 15) is 9.90 Å². The molecule has 0 bridgehead atoms. The van der Waals surface area contributed by atoms with Crippen molar-refractivity contribution in [1.82, 2.24) is 4.98 Å². The molecule has 3 aromatic carbocycles. The molecule has 4 aromatic rings. The van der Waals surface area contributed by atoms with Gasteiger partial charge in [0.05, 0.1) is 19.8 Å². The first-order chi connectivity index (χ1) is 14.5. The highest BCUT2D eigenvalue weighted by Gasteiger charge is 2.36. The normalized spacial score (nSPS) is 13.0. The number of rotatable bonds is 5. The van der Waals surface area contributed by atoms with Gasteiger partial charge in [-0.15, -0.1) is 0 Å². The Kier molecular flexibility index (Phi) is 4.96. The number of H-pyrrole nitrogens is 1. The third-order valence-electron chi connectivity index (χ3n) is 5.74. The van der Waals surface area contributed by atoms with Crippen LogP contribution in [0.1, 0.15) is 34.0 Å². The van der Waals surface area contributed by atoms with Gasteiger partial charge in [0.15, 0.2) is 0 Å². The van der Waals surface area contributed by atoms with Crippen molar-refractivity contribution in [2.24, 2.45) is 0 Å².